The summed E-state index contributed by atoms with van der Waals surface area (Å²) in [5.74, 6) is -0.102. The number of hydrogen-bond donors (Lipinski definition) is 0. The molecule has 1 atom stereocenters. The second-order valence-electron chi connectivity index (χ2n) is 3.37. The highest BCUT2D eigenvalue weighted by molar-refractivity contribution is 5.69. The van der Waals surface area contributed by atoms with E-state index < -0.39 is 0 Å². The topological polar surface area (TPSA) is 29.5 Å². The lowest BCUT2D eigenvalue weighted by Crippen LogP contribution is -2.32. The number of hydrogen-bond acceptors (Lipinski definition) is 3. The van der Waals surface area contributed by atoms with Crippen molar-refractivity contribution in [2.75, 3.05) is 20.2 Å². The maximum atomic E-state index is 10.9. The second-order valence-corrected chi connectivity index (χ2v) is 3.37. The van der Waals surface area contributed by atoms with Crippen LogP contribution in [0.2, 0.25) is 0 Å². The quantitative estimate of drug-likeness (QED) is 0.594. The van der Waals surface area contributed by atoms with Gasteiger partial charge >= 0.3 is 5.97 Å². The van der Waals surface area contributed by atoms with Gasteiger partial charge in [-0.3, -0.25) is 4.79 Å². The monoisotopic (exact) mass is 171 g/mol. The molecule has 1 heterocycles. The molecular weight excluding hydrogens is 154 g/mol. The van der Waals surface area contributed by atoms with E-state index in [1.807, 2.05) is 0 Å². The van der Waals surface area contributed by atoms with Crippen molar-refractivity contribution in [3.05, 3.63) is 0 Å². The minimum atomic E-state index is -0.102. The van der Waals surface area contributed by atoms with E-state index in [1.165, 1.54) is 20.0 Å². The summed E-state index contributed by atoms with van der Waals surface area (Å²) in [5, 5.41) is 0. The van der Waals surface area contributed by atoms with Gasteiger partial charge in [-0.2, -0.15) is 0 Å². The number of carbonyl (C=O) groups excluding carboxylic acids is 1. The van der Waals surface area contributed by atoms with Crippen LogP contribution in [0.5, 0.6) is 0 Å². The van der Waals surface area contributed by atoms with E-state index in [-0.39, 0.29) is 5.97 Å². The van der Waals surface area contributed by atoms with Gasteiger partial charge in [0.25, 0.3) is 0 Å². The first-order chi connectivity index (χ1) is 5.74. The zero-order chi connectivity index (χ0) is 8.97. The van der Waals surface area contributed by atoms with Gasteiger partial charge in [-0.05, 0) is 32.9 Å². The molecule has 0 spiro atoms. The molecule has 0 amide bonds. The predicted molar refractivity (Wildman–Crippen MR) is 46.9 cm³/mol. The summed E-state index contributed by atoms with van der Waals surface area (Å²) in [6.07, 6.45) is 3.06. The molecule has 0 bridgehead atoms. The highest BCUT2D eigenvalue weighted by Crippen LogP contribution is 2.13. The number of likely N-dealkylation sites (tertiary alicyclic amines) is 1. The highest BCUT2D eigenvalue weighted by Gasteiger charge is 2.20. The van der Waals surface area contributed by atoms with Crippen molar-refractivity contribution in [2.45, 2.75) is 32.2 Å². The highest BCUT2D eigenvalue weighted by atomic mass is 16.5. The fourth-order valence-corrected chi connectivity index (χ4v) is 1.64. The van der Waals surface area contributed by atoms with E-state index in [1.54, 1.807) is 0 Å². The SMILES string of the molecule is COC(=O)CC(C)N1CCCC1. The molecule has 1 aliphatic heterocycles. The second kappa shape index (κ2) is 4.45. The number of carbonyl (C=O) groups is 1. The molecule has 0 aromatic heterocycles. The number of esters is 1. The molecule has 1 saturated heterocycles. The number of methoxy groups -OCH3 is 1. The summed E-state index contributed by atoms with van der Waals surface area (Å²) in [4.78, 5) is 13.3. The largest absolute Gasteiger partial charge is 0.469 e. The third-order valence-corrected chi connectivity index (χ3v) is 2.45. The Balaban J connectivity index is 2.26. The molecule has 0 aromatic carbocycles. The van der Waals surface area contributed by atoms with Crippen LogP contribution >= 0.6 is 0 Å². The van der Waals surface area contributed by atoms with Gasteiger partial charge in [0.05, 0.1) is 13.5 Å². The Morgan fingerprint density at radius 3 is 2.58 bits per heavy atom. The van der Waals surface area contributed by atoms with Crippen LogP contribution < -0.4 is 0 Å². The Kier molecular flexibility index (Phi) is 3.53. The van der Waals surface area contributed by atoms with E-state index >= 15 is 0 Å². The first-order valence-corrected chi connectivity index (χ1v) is 4.55. The van der Waals surface area contributed by atoms with Crippen LogP contribution in [0.3, 0.4) is 0 Å². The van der Waals surface area contributed by atoms with Crippen LogP contribution in [-0.2, 0) is 9.53 Å². The van der Waals surface area contributed by atoms with Crippen molar-refractivity contribution in [3.8, 4) is 0 Å². The lowest BCUT2D eigenvalue weighted by atomic mass is 10.2. The Bertz CT molecular complexity index is 153. The molecule has 1 rings (SSSR count). The zero-order valence-electron chi connectivity index (χ0n) is 7.88. The predicted octanol–water partition coefficient (Wildman–Crippen LogP) is 1.03. The van der Waals surface area contributed by atoms with Gasteiger partial charge in [-0.15, -0.1) is 0 Å². The van der Waals surface area contributed by atoms with Crippen LogP contribution in [-0.4, -0.2) is 37.1 Å². The van der Waals surface area contributed by atoms with E-state index in [9.17, 15) is 4.79 Å². The summed E-state index contributed by atoms with van der Waals surface area (Å²) >= 11 is 0. The van der Waals surface area contributed by atoms with Crippen molar-refractivity contribution in [2.24, 2.45) is 0 Å². The lowest BCUT2D eigenvalue weighted by molar-refractivity contribution is -0.141. The van der Waals surface area contributed by atoms with E-state index in [0.717, 1.165) is 13.1 Å². The van der Waals surface area contributed by atoms with Crippen LogP contribution in [0.1, 0.15) is 26.2 Å². The lowest BCUT2D eigenvalue weighted by Gasteiger charge is -2.22. The smallest absolute Gasteiger partial charge is 0.307 e. The van der Waals surface area contributed by atoms with Crippen LogP contribution in [0.15, 0.2) is 0 Å². The number of nitrogens with zero attached hydrogens (tertiary/aromatic N) is 1. The molecule has 0 N–H and O–H groups in total. The van der Waals surface area contributed by atoms with Crippen LogP contribution in [0.25, 0.3) is 0 Å². The van der Waals surface area contributed by atoms with Crippen molar-refractivity contribution in [1.82, 2.24) is 4.90 Å². The summed E-state index contributed by atoms with van der Waals surface area (Å²) in [6, 6.07) is 0.347. The molecule has 12 heavy (non-hydrogen) atoms. The van der Waals surface area contributed by atoms with Gasteiger partial charge in [0.1, 0.15) is 0 Å². The Morgan fingerprint density at radius 1 is 1.50 bits per heavy atom. The van der Waals surface area contributed by atoms with Gasteiger partial charge in [0.15, 0.2) is 0 Å². The average molecular weight is 171 g/mol. The third-order valence-electron chi connectivity index (χ3n) is 2.45. The standard InChI is InChI=1S/C9H17NO2/c1-8(7-9(11)12-2)10-5-3-4-6-10/h8H,3-7H2,1-2H3. The Labute approximate surface area is 73.7 Å². The Morgan fingerprint density at radius 2 is 2.08 bits per heavy atom. The molecule has 1 unspecified atom stereocenters. The molecule has 0 aromatic rings. The molecule has 0 saturated carbocycles. The van der Waals surface area contributed by atoms with Gasteiger partial charge in [-0.25, -0.2) is 0 Å². The fourth-order valence-electron chi connectivity index (χ4n) is 1.64. The zero-order valence-corrected chi connectivity index (χ0v) is 7.88. The number of rotatable bonds is 3. The average Bonchev–Trinajstić information content (AvgIpc) is 2.56. The molecule has 0 radical (unpaired) electrons. The van der Waals surface area contributed by atoms with E-state index in [4.69, 9.17) is 0 Å². The summed E-state index contributed by atoms with van der Waals surface area (Å²) in [7, 11) is 1.44. The Hall–Kier alpha value is -0.570. The molecule has 70 valence electrons. The van der Waals surface area contributed by atoms with Crippen LogP contribution in [0, 0.1) is 0 Å². The van der Waals surface area contributed by atoms with E-state index in [2.05, 4.69) is 16.6 Å². The minimum absolute atomic E-state index is 0.102. The molecule has 1 aliphatic rings. The van der Waals surface area contributed by atoms with Gasteiger partial charge in [0, 0.05) is 6.04 Å². The summed E-state index contributed by atoms with van der Waals surface area (Å²) in [6.45, 7) is 4.36. The summed E-state index contributed by atoms with van der Waals surface area (Å²) in [5.41, 5.74) is 0. The van der Waals surface area contributed by atoms with Crippen molar-refractivity contribution < 1.29 is 9.53 Å². The number of ether oxygens (including phenoxy) is 1. The molecule has 3 nitrogen and oxygen atoms in total. The molecule has 0 aliphatic carbocycles. The van der Waals surface area contributed by atoms with Crippen LogP contribution in [0.4, 0.5) is 0 Å². The summed E-state index contributed by atoms with van der Waals surface area (Å²) < 4.78 is 4.61. The molecule has 3 heteroatoms. The third kappa shape index (κ3) is 2.48. The normalized spacial score (nSPS) is 20.8. The van der Waals surface area contributed by atoms with Gasteiger partial charge in [-0.1, -0.05) is 0 Å². The maximum Gasteiger partial charge on any atom is 0.307 e. The minimum Gasteiger partial charge on any atom is -0.469 e. The first-order valence-electron chi connectivity index (χ1n) is 4.55. The van der Waals surface area contributed by atoms with Gasteiger partial charge in [0.2, 0.25) is 0 Å². The molecule has 1 fully saturated rings. The fraction of sp³-hybridized carbons (Fsp3) is 0.889. The maximum absolute atomic E-state index is 10.9. The van der Waals surface area contributed by atoms with Crippen molar-refractivity contribution >= 4 is 5.97 Å². The van der Waals surface area contributed by atoms with Gasteiger partial charge < -0.3 is 9.64 Å². The first kappa shape index (κ1) is 9.52. The van der Waals surface area contributed by atoms with Crippen molar-refractivity contribution in [1.29, 1.82) is 0 Å². The molecular formula is C9H17NO2. The van der Waals surface area contributed by atoms with Crippen molar-refractivity contribution in [3.63, 3.8) is 0 Å². The van der Waals surface area contributed by atoms with E-state index in [0.29, 0.717) is 12.5 Å².